The Bertz CT molecular complexity index is 151. The third-order valence-electron chi connectivity index (χ3n) is 2.03. The van der Waals surface area contributed by atoms with Crippen LogP contribution in [0.2, 0.25) is 0 Å². The van der Waals surface area contributed by atoms with E-state index in [0.29, 0.717) is 6.54 Å². The molecule has 0 aliphatic heterocycles. The summed E-state index contributed by atoms with van der Waals surface area (Å²) in [7, 11) is 5.39. The Kier molecular flexibility index (Phi) is 6.54. The molecule has 0 aliphatic rings. The molecule has 0 bridgehead atoms. The van der Waals surface area contributed by atoms with Crippen LogP contribution in [0.15, 0.2) is 0 Å². The van der Waals surface area contributed by atoms with Crippen molar-refractivity contribution in [1.82, 2.24) is 9.80 Å². The summed E-state index contributed by atoms with van der Waals surface area (Å²) in [6.45, 7) is 5.38. The minimum atomic E-state index is -0.179. The molecule has 0 heterocycles. The summed E-state index contributed by atoms with van der Waals surface area (Å²) < 4.78 is 4.56. The largest absolute Gasteiger partial charge is 0.468 e. The fourth-order valence-electron chi connectivity index (χ4n) is 0.864. The van der Waals surface area contributed by atoms with Gasteiger partial charge in [-0.05, 0) is 20.6 Å². The van der Waals surface area contributed by atoms with Crippen LogP contribution in [0.3, 0.4) is 0 Å². The minimum Gasteiger partial charge on any atom is -0.468 e. The fourth-order valence-corrected chi connectivity index (χ4v) is 0.864. The molecule has 0 rings (SSSR count). The zero-order valence-corrected chi connectivity index (χ0v) is 9.04. The monoisotopic (exact) mass is 188 g/mol. The Morgan fingerprint density at radius 1 is 1.23 bits per heavy atom. The maximum Gasteiger partial charge on any atom is 0.319 e. The molecule has 0 fully saturated rings. The number of hydrogen-bond acceptors (Lipinski definition) is 4. The van der Waals surface area contributed by atoms with Crippen LogP contribution in [-0.4, -0.2) is 63.2 Å². The number of carbonyl (C=O) groups excluding carboxylic acids is 1. The van der Waals surface area contributed by atoms with E-state index in [1.807, 2.05) is 11.9 Å². The lowest BCUT2D eigenvalue weighted by molar-refractivity contribution is -0.141. The lowest BCUT2D eigenvalue weighted by Crippen LogP contribution is -2.34. The third-order valence-corrected chi connectivity index (χ3v) is 2.03. The highest BCUT2D eigenvalue weighted by atomic mass is 16.5. The van der Waals surface area contributed by atoms with Crippen LogP contribution >= 0.6 is 0 Å². The average molecular weight is 188 g/mol. The predicted molar refractivity (Wildman–Crippen MR) is 52.7 cm³/mol. The third kappa shape index (κ3) is 6.54. The van der Waals surface area contributed by atoms with Gasteiger partial charge < -0.3 is 9.64 Å². The number of nitrogens with zero attached hydrogens (tertiary/aromatic N) is 2. The standard InChI is InChI=1S/C9H20N2O2/c1-5-10(2)6-7-11(3)8-9(12)13-4/h5-8H2,1-4H3. The summed E-state index contributed by atoms with van der Waals surface area (Å²) in [5, 5.41) is 0. The number of esters is 1. The molecule has 0 aromatic rings. The molecular weight excluding hydrogens is 168 g/mol. The van der Waals surface area contributed by atoms with Gasteiger partial charge in [-0.15, -0.1) is 0 Å². The molecule has 0 spiro atoms. The summed E-state index contributed by atoms with van der Waals surface area (Å²) >= 11 is 0. The van der Waals surface area contributed by atoms with Crippen molar-refractivity contribution in [2.75, 3.05) is 47.4 Å². The first kappa shape index (κ1) is 12.4. The van der Waals surface area contributed by atoms with Crippen molar-refractivity contribution in [2.24, 2.45) is 0 Å². The zero-order chi connectivity index (χ0) is 10.3. The molecule has 4 heteroatoms. The molecule has 0 saturated carbocycles. The number of ether oxygens (including phenoxy) is 1. The SMILES string of the molecule is CCN(C)CCN(C)CC(=O)OC. The normalized spacial score (nSPS) is 10.9. The first-order valence-corrected chi connectivity index (χ1v) is 4.54. The van der Waals surface area contributed by atoms with Gasteiger partial charge >= 0.3 is 5.97 Å². The Labute approximate surface area is 80.5 Å². The van der Waals surface area contributed by atoms with Gasteiger partial charge in [-0.25, -0.2) is 0 Å². The number of methoxy groups -OCH3 is 1. The van der Waals surface area contributed by atoms with Crippen LogP contribution in [0, 0.1) is 0 Å². The van der Waals surface area contributed by atoms with E-state index >= 15 is 0 Å². The Hall–Kier alpha value is -0.610. The van der Waals surface area contributed by atoms with Crippen LogP contribution < -0.4 is 0 Å². The van der Waals surface area contributed by atoms with E-state index < -0.39 is 0 Å². The van der Waals surface area contributed by atoms with Gasteiger partial charge in [0, 0.05) is 13.1 Å². The van der Waals surface area contributed by atoms with Crippen molar-refractivity contribution in [2.45, 2.75) is 6.92 Å². The zero-order valence-electron chi connectivity index (χ0n) is 9.04. The van der Waals surface area contributed by atoms with Crippen LogP contribution in [0.4, 0.5) is 0 Å². The molecule has 78 valence electrons. The number of hydrogen-bond donors (Lipinski definition) is 0. The second-order valence-electron chi connectivity index (χ2n) is 3.21. The second-order valence-corrected chi connectivity index (χ2v) is 3.21. The van der Waals surface area contributed by atoms with Crippen molar-refractivity contribution in [3.8, 4) is 0 Å². The van der Waals surface area contributed by atoms with E-state index in [0.717, 1.165) is 19.6 Å². The number of rotatable bonds is 6. The first-order chi connectivity index (χ1) is 6.10. The Morgan fingerprint density at radius 2 is 1.77 bits per heavy atom. The average Bonchev–Trinajstić information content (AvgIpc) is 2.13. The molecule has 0 aliphatic carbocycles. The second kappa shape index (κ2) is 6.86. The lowest BCUT2D eigenvalue weighted by Gasteiger charge is -2.19. The quantitative estimate of drug-likeness (QED) is 0.551. The van der Waals surface area contributed by atoms with Crippen LogP contribution in [0.5, 0.6) is 0 Å². The lowest BCUT2D eigenvalue weighted by atomic mass is 10.4. The van der Waals surface area contributed by atoms with E-state index in [1.165, 1.54) is 7.11 Å². The molecule has 0 aromatic carbocycles. The maximum atomic E-state index is 10.9. The van der Waals surface area contributed by atoms with Crippen LogP contribution in [0.1, 0.15) is 6.92 Å². The molecule has 0 saturated heterocycles. The summed E-state index contributed by atoms with van der Waals surface area (Å²) in [6.07, 6.45) is 0. The van der Waals surface area contributed by atoms with E-state index in [9.17, 15) is 4.79 Å². The summed E-state index contributed by atoms with van der Waals surface area (Å²) in [4.78, 5) is 15.0. The molecule has 0 radical (unpaired) electrons. The van der Waals surface area contributed by atoms with Gasteiger partial charge in [0.2, 0.25) is 0 Å². The highest BCUT2D eigenvalue weighted by Gasteiger charge is 2.05. The molecule has 0 amide bonds. The maximum absolute atomic E-state index is 10.9. The van der Waals surface area contributed by atoms with Gasteiger partial charge in [-0.2, -0.15) is 0 Å². The molecule has 0 unspecified atom stereocenters. The summed E-state index contributed by atoms with van der Waals surface area (Å²) in [5.74, 6) is -0.179. The Morgan fingerprint density at radius 3 is 2.23 bits per heavy atom. The summed E-state index contributed by atoms with van der Waals surface area (Å²) in [5.41, 5.74) is 0. The molecular formula is C9H20N2O2. The molecule has 13 heavy (non-hydrogen) atoms. The topological polar surface area (TPSA) is 32.8 Å². The van der Waals surface area contributed by atoms with Gasteiger partial charge in [-0.3, -0.25) is 9.69 Å². The van der Waals surface area contributed by atoms with E-state index in [2.05, 4.69) is 23.6 Å². The van der Waals surface area contributed by atoms with Gasteiger partial charge in [0.15, 0.2) is 0 Å². The van der Waals surface area contributed by atoms with E-state index in [1.54, 1.807) is 0 Å². The highest BCUT2D eigenvalue weighted by molar-refractivity contribution is 5.71. The molecule has 0 N–H and O–H groups in total. The van der Waals surface area contributed by atoms with Gasteiger partial charge in [0.1, 0.15) is 0 Å². The van der Waals surface area contributed by atoms with E-state index in [-0.39, 0.29) is 5.97 Å². The van der Waals surface area contributed by atoms with E-state index in [4.69, 9.17) is 0 Å². The molecule has 0 aromatic heterocycles. The minimum absolute atomic E-state index is 0.179. The van der Waals surface area contributed by atoms with Crippen molar-refractivity contribution in [3.63, 3.8) is 0 Å². The number of carbonyl (C=O) groups is 1. The van der Waals surface area contributed by atoms with Crippen molar-refractivity contribution in [1.29, 1.82) is 0 Å². The van der Waals surface area contributed by atoms with Gasteiger partial charge in [-0.1, -0.05) is 6.92 Å². The van der Waals surface area contributed by atoms with Crippen LogP contribution in [0.25, 0.3) is 0 Å². The number of likely N-dealkylation sites (N-methyl/N-ethyl adjacent to an activating group) is 2. The first-order valence-electron chi connectivity index (χ1n) is 4.54. The van der Waals surface area contributed by atoms with Crippen molar-refractivity contribution >= 4 is 5.97 Å². The molecule has 0 atom stereocenters. The van der Waals surface area contributed by atoms with Crippen LogP contribution in [-0.2, 0) is 9.53 Å². The fraction of sp³-hybridized carbons (Fsp3) is 0.889. The predicted octanol–water partition coefficient (Wildman–Crippen LogP) is 0.0429. The highest BCUT2D eigenvalue weighted by Crippen LogP contribution is 1.87. The smallest absolute Gasteiger partial charge is 0.319 e. The van der Waals surface area contributed by atoms with Gasteiger partial charge in [0.25, 0.3) is 0 Å². The summed E-state index contributed by atoms with van der Waals surface area (Å²) in [6, 6.07) is 0. The molecule has 4 nitrogen and oxygen atoms in total. The van der Waals surface area contributed by atoms with Crippen molar-refractivity contribution < 1.29 is 9.53 Å². The Balaban J connectivity index is 3.50. The van der Waals surface area contributed by atoms with Crippen molar-refractivity contribution in [3.05, 3.63) is 0 Å². The van der Waals surface area contributed by atoms with Gasteiger partial charge in [0.05, 0.1) is 13.7 Å².